The molecule has 0 aliphatic carbocycles. The van der Waals surface area contributed by atoms with Gasteiger partial charge in [0, 0.05) is 24.8 Å². The number of nitrogen functional groups attached to an aromatic ring is 1. The van der Waals surface area contributed by atoms with Crippen LogP contribution in [-0.2, 0) is 0 Å². The Morgan fingerprint density at radius 1 is 1.29 bits per heavy atom. The molecule has 1 fully saturated rings. The number of hydrogen-bond donors (Lipinski definition) is 1. The second-order valence-electron chi connectivity index (χ2n) is 6.32. The molecule has 0 saturated carbocycles. The number of ether oxygens (including phenoxy) is 1. The Hall–Kier alpha value is -1.26. The molecule has 0 bridgehead atoms. The van der Waals surface area contributed by atoms with Crippen LogP contribution in [0, 0.1) is 5.92 Å². The lowest BCUT2D eigenvalue weighted by Crippen LogP contribution is -2.37. The first kappa shape index (κ1) is 16.1. The second-order valence-corrected chi connectivity index (χ2v) is 6.32. The van der Waals surface area contributed by atoms with Gasteiger partial charge >= 0.3 is 0 Å². The molecule has 1 aliphatic rings. The topological polar surface area (TPSA) is 41.7 Å². The van der Waals surface area contributed by atoms with Gasteiger partial charge in [0.05, 0.1) is 6.61 Å². The van der Waals surface area contributed by atoms with Crippen LogP contribution < -0.4 is 10.5 Å². The van der Waals surface area contributed by atoms with Crippen molar-refractivity contribution in [1.29, 1.82) is 0 Å². The summed E-state index contributed by atoms with van der Waals surface area (Å²) in [5, 5.41) is 0. The summed E-state index contributed by atoms with van der Waals surface area (Å²) in [6.07, 6.45) is 3.73. The molecule has 2 N–H and O–H groups in total. The van der Waals surface area contributed by atoms with Gasteiger partial charge in [0.2, 0.25) is 0 Å². The summed E-state index contributed by atoms with van der Waals surface area (Å²) >= 11 is 0. The highest BCUT2D eigenvalue weighted by molar-refractivity contribution is 5.43. The lowest BCUT2D eigenvalue weighted by Gasteiger charge is -2.33. The molecule has 1 aliphatic heterocycles. The first-order valence-electron chi connectivity index (χ1n) is 7.99. The Labute approximate surface area is 128 Å². The highest BCUT2D eigenvalue weighted by atomic mass is 16.5. The van der Waals surface area contributed by atoms with Crippen LogP contribution in [0.1, 0.15) is 19.3 Å². The van der Waals surface area contributed by atoms with Crippen LogP contribution in [0.15, 0.2) is 24.3 Å². The van der Waals surface area contributed by atoms with Gasteiger partial charge in [-0.2, -0.15) is 0 Å². The average Bonchev–Trinajstić information content (AvgIpc) is 2.45. The number of hydrogen-bond acceptors (Lipinski definition) is 4. The summed E-state index contributed by atoms with van der Waals surface area (Å²) in [6.45, 7) is 5.60. The molecular weight excluding hydrogens is 262 g/mol. The summed E-state index contributed by atoms with van der Waals surface area (Å²) in [5.74, 6) is 1.75. The van der Waals surface area contributed by atoms with E-state index < -0.39 is 0 Å². The first-order chi connectivity index (χ1) is 10.1. The lowest BCUT2D eigenvalue weighted by molar-refractivity contribution is 0.153. The summed E-state index contributed by atoms with van der Waals surface area (Å²) in [7, 11) is 4.33. The van der Waals surface area contributed by atoms with E-state index in [0.29, 0.717) is 0 Å². The van der Waals surface area contributed by atoms with Gasteiger partial charge in [-0.05, 0) is 64.5 Å². The SMILES string of the molecule is CN(C)CC1CCN(CCCOc2cccc(N)c2)CC1. The molecule has 118 valence electrons. The number of nitrogens with two attached hydrogens (primary N) is 1. The fourth-order valence-electron chi connectivity index (χ4n) is 2.99. The monoisotopic (exact) mass is 291 g/mol. The van der Waals surface area contributed by atoms with E-state index in [1.54, 1.807) is 0 Å². The average molecular weight is 291 g/mol. The second kappa shape index (κ2) is 8.25. The van der Waals surface area contributed by atoms with Crippen LogP contribution in [-0.4, -0.2) is 56.7 Å². The van der Waals surface area contributed by atoms with Crippen molar-refractivity contribution in [3.63, 3.8) is 0 Å². The van der Waals surface area contributed by atoms with Gasteiger partial charge in [-0.1, -0.05) is 6.07 Å². The predicted molar refractivity (Wildman–Crippen MR) is 88.7 cm³/mol. The normalized spacial score (nSPS) is 17.3. The molecule has 0 amide bonds. The third kappa shape index (κ3) is 5.94. The van der Waals surface area contributed by atoms with E-state index >= 15 is 0 Å². The van der Waals surface area contributed by atoms with Gasteiger partial charge in [0.15, 0.2) is 0 Å². The largest absolute Gasteiger partial charge is 0.493 e. The highest BCUT2D eigenvalue weighted by Gasteiger charge is 2.19. The third-order valence-electron chi connectivity index (χ3n) is 4.08. The van der Waals surface area contributed by atoms with Crippen LogP contribution in [0.3, 0.4) is 0 Å². The zero-order chi connectivity index (χ0) is 15.1. The lowest BCUT2D eigenvalue weighted by atomic mass is 9.96. The molecule has 4 heteroatoms. The van der Waals surface area contributed by atoms with Crippen molar-refractivity contribution in [1.82, 2.24) is 9.80 Å². The zero-order valence-corrected chi connectivity index (χ0v) is 13.4. The quantitative estimate of drug-likeness (QED) is 0.618. The van der Waals surface area contributed by atoms with Crippen LogP contribution >= 0.6 is 0 Å². The molecular formula is C17H29N3O. The standard InChI is InChI=1S/C17H29N3O/c1-19(2)14-15-7-10-20(11-8-15)9-4-12-21-17-6-3-5-16(18)13-17/h3,5-6,13,15H,4,7-12,14,18H2,1-2H3. The molecule has 1 heterocycles. The molecule has 0 spiro atoms. The van der Waals surface area contributed by atoms with Crippen LogP contribution in [0.4, 0.5) is 5.69 Å². The molecule has 2 rings (SSSR count). The molecule has 0 aromatic heterocycles. The molecule has 21 heavy (non-hydrogen) atoms. The van der Waals surface area contributed by atoms with Crippen molar-refractivity contribution < 1.29 is 4.74 Å². The molecule has 1 aromatic rings. The molecule has 0 radical (unpaired) electrons. The van der Waals surface area contributed by atoms with Crippen molar-refractivity contribution >= 4 is 5.69 Å². The number of nitrogens with zero attached hydrogens (tertiary/aromatic N) is 2. The highest BCUT2D eigenvalue weighted by Crippen LogP contribution is 2.18. The van der Waals surface area contributed by atoms with Gasteiger partial charge < -0.3 is 20.3 Å². The molecule has 0 unspecified atom stereocenters. The number of likely N-dealkylation sites (tertiary alicyclic amines) is 1. The fraction of sp³-hybridized carbons (Fsp3) is 0.647. The van der Waals surface area contributed by atoms with E-state index in [1.807, 2.05) is 24.3 Å². The van der Waals surface area contributed by atoms with E-state index in [1.165, 1.54) is 32.5 Å². The summed E-state index contributed by atoms with van der Waals surface area (Å²) in [6, 6.07) is 7.65. The minimum Gasteiger partial charge on any atom is -0.493 e. The minimum atomic E-state index is 0.760. The molecule has 0 atom stereocenters. The maximum Gasteiger partial charge on any atom is 0.121 e. The molecule has 4 nitrogen and oxygen atoms in total. The predicted octanol–water partition coefficient (Wildman–Crippen LogP) is 2.31. The zero-order valence-electron chi connectivity index (χ0n) is 13.4. The van der Waals surface area contributed by atoms with Crippen molar-refractivity contribution in [2.75, 3.05) is 52.6 Å². The van der Waals surface area contributed by atoms with Crippen LogP contribution in [0.25, 0.3) is 0 Å². The number of rotatable bonds is 7. The van der Waals surface area contributed by atoms with Crippen LogP contribution in [0.2, 0.25) is 0 Å². The Kier molecular flexibility index (Phi) is 6.33. The molecule has 1 aromatic carbocycles. The third-order valence-corrected chi connectivity index (χ3v) is 4.08. The Morgan fingerprint density at radius 3 is 2.71 bits per heavy atom. The summed E-state index contributed by atoms with van der Waals surface area (Å²) in [4.78, 5) is 4.87. The number of anilines is 1. The van der Waals surface area contributed by atoms with Crippen molar-refractivity contribution in [2.45, 2.75) is 19.3 Å². The fourth-order valence-corrected chi connectivity index (χ4v) is 2.99. The van der Waals surface area contributed by atoms with E-state index in [-0.39, 0.29) is 0 Å². The Morgan fingerprint density at radius 2 is 2.05 bits per heavy atom. The van der Waals surface area contributed by atoms with E-state index in [2.05, 4.69) is 23.9 Å². The van der Waals surface area contributed by atoms with Crippen LogP contribution in [0.5, 0.6) is 5.75 Å². The first-order valence-corrected chi connectivity index (χ1v) is 7.99. The molecule has 1 saturated heterocycles. The van der Waals surface area contributed by atoms with Crippen molar-refractivity contribution in [3.8, 4) is 5.75 Å². The van der Waals surface area contributed by atoms with Gasteiger partial charge in [-0.15, -0.1) is 0 Å². The van der Waals surface area contributed by atoms with E-state index in [4.69, 9.17) is 10.5 Å². The van der Waals surface area contributed by atoms with E-state index in [9.17, 15) is 0 Å². The summed E-state index contributed by atoms with van der Waals surface area (Å²) in [5.41, 5.74) is 6.50. The van der Waals surface area contributed by atoms with Gasteiger partial charge in [0.25, 0.3) is 0 Å². The summed E-state index contributed by atoms with van der Waals surface area (Å²) < 4.78 is 5.74. The smallest absolute Gasteiger partial charge is 0.121 e. The number of benzene rings is 1. The van der Waals surface area contributed by atoms with Crippen molar-refractivity contribution in [2.24, 2.45) is 5.92 Å². The number of piperidine rings is 1. The maximum atomic E-state index is 5.74. The van der Waals surface area contributed by atoms with Gasteiger partial charge in [-0.25, -0.2) is 0 Å². The Balaban J connectivity index is 1.58. The maximum absolute atomic E-state index is 5.74. The minimum absolute atomic E-state index is 0.760. The van der Waals surface area contributed by atoms with Gasteiger partial charge in [-0.3, -0.25) is 0 Å². The van der Waals surface area contributed by atoms with Crippen molar-refractivity contribution in [3.05, 3.63) is 24.3 Å². The van der Waals surface area contributed by atoms with Gasteiger partial charge in [0.1, 0.15) is 5.75 Å². The van der Waals surface area contributed by atoms with E-state index in [0.717, 1.165) is 36.9 Å². The Bertz CT molecular complexity index is 414.